The molecule has 2 aliphatic heterocycles. The molecule has 0 bridgehead atoms. The molecule has 1 aromatic heterocycles. The van der Waals surface area contributed by atoms with E-state index in [2.05, 4.69) is 28.8 Å². The third-order valence-electron chi connectivity index (χ3n) is 6.89. The second-order valence-electron chi connectivity index (χ2n) is 9.28. The zero-order valence-electron chi connectivity index (χ0n) is 19.9. The molecule has 1 fully saturated rings. The fourth-order valence-electron chi connectivity index (χ4n) is 5.09. The molecule has 1 unspecified atom stereocenters. The van der Waals surface area contributed by atoms with E-state index in [1.807, 2.05) is 18.2 Å². The molecule has 5 rings (SSSR count). The lowest BCUT2D eigenvalue weighted by Gasteiger charge is -2.34. The van der Waals surface area contributed by atoms with Crippen LogP contribution in [0.5, 0.6) is 0 Å². The quantitative estimate of drug-likeness (QED) is 0.425. The molecular weight excluding hydrogens is 488 g/mol. The number of aryl methyl sites for hydroxylation is 1. The molecule has 0 spiro atoms. The Labute approximate surface area is 213 Å². The van der Waals surface area contributed by atoms with E-state index in [-0.39, 0.29) is 11.7 Å². The number of aliphatic imine (C=N–C) groups is 1. The molecule has 4 atom stereocenters. The smallest absolute Gasteiger partial charge is 0.146 e. The number of hydrogen-bond donors (Lipinski definition) is 1. The molecule has 2 aromatic rings. The number of allylic oxidation sites excluding steroid dienone is 4. The molecule has 3 aliphatic rings. The molecule has 184 valence electrons. The molecular formula is C27H28ClF2N3OS. The van der Waals surface area contributed by atoms with Gasteiger partial charge in [-0.3, -0.25) is 4.99 Å². The van der Waals surface area contributed by atoms with E-state index in [0.29, 0.717) is 17.5 Å². The zero-order valence-corrected chi connectivity index (χ0v) is 21.5. The fourth-order valence-corrected chi connectivity index (χ4v) is 6.29. The number of rotatable bonds is 7. The van der Waals surface area contributed by atoms with Gasteiger partial charge in [0.2, 0.25) is 0 Å². The van der Waals surface area contributed by atoms with Gasteiger partial charge in [-0.25, -0.2) is 14.3 Å². The van der Waals surface area contributed by atoms with Crippen LogP contribution in [0.3, 0.4) is 0 Å². The van der Waals surface area contributed by atoms with Crippen LogP contribution < -0.4 is 5.48 Å². The van der Waals surface area contributed by atoms with Crippen molar-refractivity contribution in [1.29, 1.82) is 0 Å². The van der Waals surface area contributed by atoms with Gasteiger partial charge < -0.3 is 9.74 Å². The number of hydrogen-bond acceptors (Lipinski definition) is 5. The Hall–Kier alpha value is -2.32. The van der Waals surface area contributed by atoms with Gasteiger partial charge in [0.1, 0.15) is 23.9 Å². The maximum Gasteiger partial charge on any atom is 0.146 e. The van der Waals surface area contributed by atoms with Crippen molar-refractivity contribution in [1.82, 2.24) is 10.4 Å². The van der Waals surface area contributed by atoms with E-state index in [0.717, 1.165) is 51.6 Å². The van der Waals surface area contributed by atoms with Crippen LogP contribution in [0.2, 0.25) is 5.02 Å². The lowest BCUT2D eigenvalue weighted by molar-refractivity contribution is 0.0812. The Morgan fingerprint density at radius 2 is 2.17 bits per heavy atom. The minimum Gasteiger partial charge on any atom is -0.329 e. The van der Waals surface area contributed by atoms with Crippen molar-refractivity contribution < 1.29 is 13.6 Å². The van der Waals surface area contributed by atoms with Crippen LogP contribution in [0.1, 0.15) is 35.4 Å². The first-order valence-corrected chi connectivity index (χ1v) is 13.0. The van der Waals surface area contributed by atoms with E-state index in [4.69, 9.17) is 21.4 Å². The van der Waals surface area contributed by atoms with E-state index in [1.54, 1.807) is 31.4 Å². The number of nitrogens with zero attached hydrogens (tertiary/aromatic N) is 2. The molecule has 3 heterocycles. The maximum absolute atomic E-state index is 14.2. The lowest BCUT2D eigenvalue weighted by atomic mass is 9.88. The van der Waals surface area contributed by atoms with E-state index < -0.39 is 12.2 Å². The van der Waals surface area contributed by atoms with Crippen molar-refractivity contribution in [3.05, 3.63) is 91.6 Å². The molecule has 1 N–H and O–H groups in total. The predicted octanol–water partition coefficient (Wildman–Crippen LogP) is 6.55. The summed E-state index contributed by atoms with van der Waals surface area (Å²) in [4.78, 5) is 13.8. The first kappa shape index (κ1) is 24.4. The van der Waals surface area contributed by atoms with Gasteiger partial charge in [-0.2, -0.15) is 0 Å². The first-order chi connectivity index (χ1) is 16.9. The first-order valence-electron chi connectivity index (χ1n) is 11.8. The van der Waals surface area contributed by atoms with Crippen LogP contribution in [0, 0.1) is 24.6 Å². The second-order valence-corrected chi connectivity index (χ2v) is 10.6. The molecule has 4 nitrogen and oxygen atoms in total. The number of halogens is 3. The van der Waals surface area contributed by atoms with Gasteiger partial charge in [-0.05, 0) is 66.5 Å². The summed E-state index contributed by atoms with van der Waals surface area (Å²) in [6, 6.07) is 6.14. The number of benzene rings is 1. The van der Waals surface area contributed by atoms with Crippen LogP contribution >= 0.6 is 22.9 Å². The summed E-state index contributed by atoms with van der Waals surface area (Å²) >= 11 is 8.25. The van der Waals surface area contributed by atoms with Gasteiger partial charge in [0.25, 0.3) is 0 Å². The number of alkyl halides is 1. The standard InChI is InChI=1S/C27H28ClF2N3OS/c1-15-8-9-35-26(15)27-32-25(21-7-6-20(30)12-22(21)28)24(19-5-4-18(11-19)16(2)29)23-10-17(13-31-34-3)14-33(23)27/h4-9,11-12,16-18,25,31H,10,13-14H2,1-3H3/t16?,17-,18+,25+/m1/s1. The molecule has 1 saturated heterocycles. The van der Waals surface area contributed by atoms with Crippen molar-refractivity contribution in [3.63, 3.8) is 0 Å². The van der Waals surface area contributed by atoms with Gasteiger partial charge in [-0.1, -0.05) is 35.9 Å². The molecule has 35 heavy (non-hydrogen) atoms. The third kappa shape index (κ3) is 4.62. The van der Waals surface area contributed by atoms with Gasteiger partial charge in [0.15, 0.2) is 0 Å². The van der Waals surface area contributed by atoms with Crippen molar-refractivity contribution in [2.45, 2.75) is 32.5 Å². The highest BCUT2D eigenvalue weighted by molar-refractivity contribution is 7.12. The van der Waals surface area contributed by atoms with Crippen LogP contribution in [-0.4, -0.2) is 37.1 Å². The van der Waals surface area contributed by atoms with Gasteiger partial charge in [0, 0.05) is 35.3 Å². The largest absolute Gasteiger partial charge is 0.329 e. The number of fused-ring (bicyclic) bond motifs is 1. The lowest BCUT2D eigenvalue weighted by Crippen LogP contribution is -2.34. The molecule has 0 amide bonds. The molecule has 8 heteroatoms. The maximum atomic E-state index is 14.2. The molecule has 0 saturated carbocycles. The summed E-state index contributed by atoms with van der Waals surface area (Å²) in [5.41, 5.74) is 8.01. The Bertz CT molecular complexity index is 1250. The summed E-state index contributed by atoms with van der Waals surface area (Å²) in [7, 11) is 1.62. The van der Waals surface area contributed by atoms with Crippen LogP contribution in [0.4, 0.5) is 8.78 Å². The van der Waals surface area contributed by atoms with Crippen LogP contribution in [0.25, 0.3) is 0 Å². The van der Waals surface area contributed by atoms with Gasteiger partial charge >= 0.3 is 0 Å². The minimum absolute atomic E-state index is 0.284. The van der Waals surface area contributed by atoms with Crippen molar-refractivity contribution in [2.24, 2.45) is 16.8 Å². The van der Waals surface area contributed by atoms with E-state index >= 15 is 0 Å². The average Bonchev–Trinajstić information content (AvgIpc) is 3.56. The van der Waals surface area contributed by atoms with Crippen molar-refractivity contribution in [3.8, 4) is 0 Å². The van der Waals surface area contributed by atoms with E-state index in [1.165, 1.54) is 12.1 Å². The molecule has 1 aromatic carbocycles. The Morgan fingerprint density at radius 1 is 1.34 bits per heavy atom. The van der Waals surface area contributed by atoms with Crippen LogP contribution in [0.15, 0.2) is 69.7 Å². The third-order valence-corrected chi connectivity index (χ3v) is 8.23. The monoisotopic (exact) mass is 515 g/mol. The minimum atomic E-state index is -0.989. The van der Waals surface area contributed by atoms with Gasteiger partial charge in [0.05, 0.1) is 12.0 Å². The van der Waals surface area contributed by atoms with Crippen LogP contribution in [-0.2, 0) is 4.84 Å². The molecule has 0 radical (unpaired) electrons. The highest BCUT2D eigenvalue weighted by Crippen LogP contribution is 2.47. The van der Waals surface area contributed by atoms with Crippen molar-refractivity contribution in [2.75, 3.05) is 20.2 Å². The summed E-state index contributed by atoms with van der Waals surface area (Å²) in [5.74, 6) is 0.531. The summed E-state index contributed by atoms with van der Waals surface area (Å²) in [6.07, 6.45) is 5.70. The second kappa shape index (κ2) is 9.97. The van der Waals surface area contributed by atoms with Crippen molar-refractivity contribution >= 4 is 28.8 Å². The topological polar surface area (TPSA) is 36.9 Å². The normalized spacial score (nSPS) is 24.6. The highest BCUT2D eigenvalue weighted by atomic mass is 35.5. The summed E-state index contributed by atoms with van der Waals surface area (Å²) in [5, 5.41) is 2.41. The Balaban J connectivity index is 1.69. The average molecular weight is 516 g/mol. The summed E-state index contributed by atoms with van der Waals surface area (Å²) < 4.78 is 28.2. The number of amidine groups is 1. The number of thiophene rings is 1. The SMILES string of the molecule is CONC[C@H]1CC2=C(C3=C[C@@H](C(C)F)C=C3)[C@H](c3ccc(F)cc3Cl)N=C(c3sccc3C)N2C1. The highest BCUT2D eigenvalue weighted by Gasteiger charge is 2.40. The Kier molecular flexibility index (Phi) is 6.95. The zero-order chi connectivity index (χ0) is 24.7. The fraction of sp³-hybridized carbons (Fsp3) is 0.370. The van der Waals surface area contributed by atoms with Gasteiger partial charge in [-0.15, -0.1) is 11.3 Å². The van der Waals surface area contributed by atoms with E-state index in [9.17, 15) is 8.78 Å². The number of nitrogens with one attached hydrogen (secondary N) is 1. The molecule has 1 aliphatic carbocycles. The number of hydroxylamine groups is 1. The predicted molar refractivity (Wildman–Crippen MR) is 138 cm³/mol. The summed E-state index contributed by atoms with van der Waals surface area (Å²) in [6.45, 7) is 5.14. The Morgan fingerprint density at radius 3 is 2.83 bits per heavy atom.